The zero-order chi connectivity index (χ0) is 17.5. The van der Waals surface area contributed by atoms with Gasteiger partial charge >= 0.3 is 0 Å². The average molecular weight is 320 g/mol. The van der Waals surface area contributed by atoms with Gasteiger partial charge in [0.05, 0.1) is 13.0 Å². The molecular formula is C19H32N2O2. The van der Waals surface area contributed by atoms with Crippen LogP contribution < -0.4 is 15.8 Å². The van der Waals surface area contributed by atoms with Crippen molar-refractivity contribution in [3.05, 3.63) is 29.8 Å². The van der Waals surface area contributed by atoms with Crippen molar-refractivity contribution in [3.8, 4) is 5.75 Å². The molecule has 1 unspecified atom stereocenters. The Morgan fingerprint density at radius 1 is 1.17 bits per heavy atom. The standard InChI is InChI=1S/C19H32N2O2/c1-14(2)11-19(5,13-20)21-18(22)10-16-6-8-17(9-7-16)23-12-15(3)4/h6-9,14-15H,10-13,20H2,1-5H3,(H,21,22). The molecule has 4 heteroatoms. The van der Waals surface area contributed by atoms with Crippen LogP contribution in [0.5, 0.6) is 5.75 Å². The number of ether oxygens (including phenoxy) is 1. The van der Waals surface area contributed by atoms with Crippen molar-refractivity contribution in [1.82, 2.24) is 5.32 Å². The molecule has 0 saturated carbocycles. The summed E-state index contributed by atoms with van der Waals surface area (Å²) in [5, 5.41) is 3.08. The van der Waals surface area contributed by atoms with Gasteiger partial charge in [-0.1, -0.05) is 39.8 Å². The number of nitrogens with one attached hydrogen (secondary N) is 1. The third-order valence-electron chi connectivity index (χ3n) is 3.62. The van der Waals surface area contributed by atoms with Gasteiger partial charge in [-0.05, 0) is 42.9 Å². The van der Waals surface area contributed by atoms with E-state index < -0.39 is 0 Å². The zero-order valence-electron chi connectivity index (χ0n) is 15.2. The lowest BCUT2D eigenvalue weighted by molar-refractivity contribution is -0.122. The molecule has 4 nitrogen and oxygen atoms in total. The zero-order valence-corrected chi connectivity index (χ0v) is 15.2. The molecule has 1 atom stereocenters. The van der Waals surface area contributed by atoms with Crippen molar-refractivity contribution in [3.63, 3.8) is 0 Å². The molecule has 0 aliphatic heterocycles. The Labute approximate surface area is 140 Å². The first-order chi connectivity index (χ1) is 10.7. The minimum atomic E-state index is -0.342. The Bertz CT molecular complexity index is 483. The van der Waals surface area contributed by atoms with Crippen molar-refractivity contribution in [1.29, 1.82) is 0 Å². The molecule has 0 saturated heterocycles. The van der Waals surface area contributed by atoms with Crippen LogP contribution in [0.3, 0.4) is 0 Å². The molecule has 3 N–H and O–H groups in total. The van der Waals surface area contributed by atoms with Crippen molar-refractivity contribution in [2.45, 2.75) is 53.0 Å². The molecule has 0 aliphatic rings. The quantitative estimate of drug-likeness (QED) is 0.734. The van der Waals surface area contributed by atoms with E-state index in [9.17, 15) is 4.79 Å². The maximum atomic E-state index is 12.3. The second kappa shape index (κ2) is 8.92. The summed E-state index contributed by atoms with van der Waals surface area (Å²) in [6.45, 7) is 11.6. The fraction of sp³-hybridized carbons (Fsp3) is 0.632. The van der Waals surface area contributed by atoms with Crippen LogP contribution in [0.25, 0.3) is 0 Å². The number of amides is 1. The van der Waals surface area contributed by atoms with Gasteiger partial charge in [-0.3, -0.25) is 4.79 Å². The first kappa shape index (κ1) is 19.5. The molecule has 0 radical (unpaired) electrons. The van der Waals surface area contributed by atoms with Crippen molar-refractivity contribution < 1.29 is 9.53 Å². The number of benzene rings is 1. The monoisotopic (exact) mass is 320 g/mol. The lowest BCUT2D eigenvalue weighted by atomic mass is 9.90. The van der Waals surface area contributed by atoms with Crippen LogP contribution in [0.4, 0.5) is 0 Å². The van der Waals surface area contributed by atoms with Gasteiger partial charge in [-0.25, -0.2) is 0 Å². The second-order valence-electron chi connectivity index (χ2n) is 7.44. The van der Waals surface area contributed by atoms with Gasteiger partial charge in [-0.15, -0.1) is 0 Å². The highest BCUT2D eigenvalue weighted by Crippen LogP contribution is 2.17. The summed E-state index contributed by atoms with van der Waals surface area (Å²) in [6, 6.07) is 7.72. The summed E-state index contributed by atoms with van der Waals surface area (Å²) in [5.74, 6) is 1.83. The predicted molar refractivity (Wildman–Crippen MR) is 95.5 cm³/mol. The number of hydrogen-bond donors (Lipinski definition) is 2. The number of hydrogen-bond acceptors (Lipinski definition) is 3. The van der Waals surface area contributed by atoms with Crippen LogP contribution in [0.15, 0.2) is 24.3 Å². The van der Waals surface area contributed by atoms with Crippen LogP contribution >= 0.6 is 0 Å². The smallest absolute Gasteiger partial charge is 0.224 e. The van der Waals surface area contributed by atoms with Crippen molar-refractivity contribution in [2.24, 2.45) is 17.6 Å². The van der Waals surface area contributed by atoms with E-state index in [1.54, 1.807) is 0 Å². The highest BCUT2D eigenvalue weighted by molar-refractivity contribution is 5.79. The molecule has 1 rings (SSSR count). The van der Waals surface area contributed by atoms with Gasteiger partial charge in [0.2, 0.25) is 5.91 Å². The highest BCUT2D eigenvalue weighted by Gasteiger charge is 2.25. The molecule has 0 heterocycles. The summed E-state index contributed by atoms with van der Waals surface area (Å²) in [6.07, 6.45) is 1.23. The van der Waals surface area contributed by atoms with E-state index in [4.69, 9.17) is 10.5 Å². The van der Waals surface area contributed by atoms with Gasteiger partial charge in [0, 0.05) is 12.1 Å². The number of carbonyl (C=O) groups excluding carboxylic acids is 1. The molecule has 1 aromatic rings. The van der Waals surface area contributed by atoms with Gasteiger partial charge in [0.1, 0.15) is 5.75 Å². The van der Waals surface area contributed by atoms with Crippen molar-refractivity contribution in [2.75, 3.05) is 13.2 Å². The SMILES string of the molecule is CC(C)COc1ccc(CC(=O)NC(C)(CN)CC(C)C)cc1. The molecule has 0 bridgehead atoms. The molecule has 23 heavy (non-hydrogen) atoms. The molecular weight excluding hydrogens is 288 g/mol. The third kappa shape index (κ3) is 7.51. The van der Waals surface area contributed by atoms with Crippen LogP contribution in [-0.4, -0.2) is 24.6 Å². The summed E-state index contributed by atoms with van der Waals surface area (Å²) in [5.41, 5.74) is 6.48. The van der Waals surface area contributed by atoms with Crippen LogP contribution in [0.1, 0.15) is 46.6 Å². The van der Waals surface area contributed by atoms with E-state index in [1.165, 1.54) is 0 Å². The largest absolute Gasteiger partial charge is 0.493 e. The van der Waals surface area contributed by atoms with Gasteiger partial charge in [-0.2, -0.15) is 0 Å². The lowest BCUT2D eigenvalue weighted by Gasteiger charge is -2.31. The van der Waals surface area contributed by atoms with E-state index in [1.807, 2.05) is 31.2 Å². The number of carbonyl (C=O) groups is 1. The van der Waals surface area contributed by atoms with E-state index in [2.05, 4.69) is 33.0 Å². The van der Waals surface area contributed by atoms with E-state index in [0.29, 0.717) is 31.4 Å². The predicted octanol–water partition coefficient (Wildman–Crippen LogP) is 3.14. The maximum Gasteiger partial charge on any atom is 0.224 e. The van der Waals surface area contributed by atoms with Crippen molar-refractivity contribution >= 4 is 5.91 Å². The second-order valence-corrected chi connectivity index (χ2v) is 7.44. The molecule has 130 valence electrons. The van der Waals surface area contributed by atoms with E-state index in [-0.39, 0.29) is 11.4 Å². The molecule has 0 spiro atoms. The minimum absolute atomic E-state index is 0.00875. The van der Waals surface area contributed by atoms with E-state index in [0.717, 1.165) is 17.7 Å². The first-order valence-corrected chi connectivity index (χ1v) is 8.47. The van der Waals surface area contributed by atoms with Crippen LogP contribution in [0.2, 0.25) is 0 Å². The highest BCUT2D eigenvalue weighted by atomic mass is 16.5. The Kier molecular flexibility index (Phi) is 7.56. The summed E-state index contributed by atoms with van der Waals surface area (Å²) in [7, 11) is 0. The molecule has 0 fully saturated rings. The number of rotatable bonds is 9. The van der Waals surface area contributed by atoms with E-state index >= 15 is 0 Å². The summed E-state index contributed by atoms with van der Waals surface area (Å²) in [4.78, 5) is 12.3. The normalized spacial score (nSPS) is 13.9. The Hall–Kier alpha value is -1.55. The molecule has 1 amide bonds. The van der Waals surface area contributed by atoms with Crippen LogP contribution in [0, 0.1) is 11.8 Å². The summed E-state index contributed by atoms with van der Waals surface area (Å²) >= 11 is 0. The Morgan fingerprint density at radius 3 is 2.26 bits per heavy atom. The first-order valence-electron chi connectivity index (χ1n) is 8.47. The fourth-order valence-electron chi connectivity index (χ4n) is 2.62. The molecule has 1 aromatic carbocycles. The van der Waals surface area contributed by atoms with Crippen LogP contribution in [-0.2, 0) is 11.2 Å². The Balaban J connectivity index is 2.56. The van der Waals surface area contributed by atoms with Gasteiger partial charge in [0.25, 0.3) is 0 Å². The molecule has 0 aromatic heterocycles. The number of nitrogens with two attached hydrogens (primary N) is 1. The van der Waals surface area contributed by atoms with Gasteiger partial charge < -0.3 is 15.8 Å². The Morgan fingerprint density at radius 2 is 1.78 bits per heavy atom. The molecule has 0 aliphatic carbocycles. The third-order valence-corrected chi connectivity index (χ3v) is 3.62. The minimum Gasteiger partial charge on any atom is -0.493 e. The maximum absolute atomic E-state index is 12.3. The summed E-state index contributed by atoms with van der Waals surface area (Å²) < 4.78 is 5.65. The fourth-order valence-corrected chi connectivity index (χ4v) is 2.62. The average Bonchev–Trinajstić information content (AvgIpc) is 2.45. The lowest BCUT2D eigenvalue weighted by Crippen LogP contribution is -2.52. The van der Waals surface area contributed by atoms with Gasteiger partial charge in [0.15, 0.2) is 0 Å². The topological polar surface area (TPSA) is 64.3 Å².